The Morgan fingerprint density at radius 3 is 2.39 bits per heavy atom. The maximum absolute atomic E-state index is 12.3. The smallest absolute Gasteiger partial charge is 0.344 e. The van der Waals surface area contributed by atoms with Gasteiger partial charge in [-0.1, -0.05) is 50.2 Å². The summed E-state index contributed by atoms with van der Waals surface area (Å²) in [7, 11) is 0. The van der Waals surface area contributed by atoms with Crippen LogP contribution in [0.2, 0.25) is 0 Å². The summed E-state index contributed by atoms with van der Waals surface area (Å²) in [6.45, 7) is 7.12. The first-order valence-electron chi connectivity index (χ1n) is 10.2. The summed E-state index contributed by atoms with van der Waals surface area (Å²) in [4.78, 5) is 24.4. The van der Waals surface area contributed by atoms with Gasteiger partial charge < -0.3 is 14.8 Å². The third-order valence-electron chi connectivity index (χ3n) is 4.81. The highest BCUT2D eigenvalue weighted by Gasteiger charge is 2.17. The van der Waals surface area contributed by atoms with Crippen LogP contribution < -0.4 is 10.1 Å². The highest BCUT2D eigenvalue weighted by Crippen LogP contribution is 2.26. The number of hydrogen-bond donors (Lipinski definition) is 1. The zero-order valence-corrected chi connectivity index (χ0v) is 18.2. The van der Waals surface area contributed by atoms with E-state index >= 15 is 0 Å². The topological polar surface area (TPSA) is 82.5 Å². The molecule has 1 amide bonds. The lowest BCUT2D eigenvalue weighted by molar-refractivity contribution is -0.149. The summed E-state index contributed by atoms with van der Waals surface area (Å²) in [5.41, 5.74) is 3.97. The Labute approximate surface area is 182 Å². The standard InChI is InChI=1S/C24H27N3O4/c1-16(2)20-12-8-9-13-21(20)30-15-23(29)31-14-22(28)25-24-17(3)26-27(18(24)4)19-10-6-5-7-11-19/h5-13,16H,14-15H2,1-4H3,(H,25,28). The molecule has 0 saturated heterocycles. The molecule has 0 bridgehead atoms. The van der Waals surface area contributed by atoms with Gasteiger partial charge in [0.1, 0.15) is 5.75 Å². The monoisotopic (exact) mass is 421 g/mol. The number of nitrogens with zero attached hydrogens (tertiary/aromatic N) is 2. The molecule has 1 aromatic heterocycles. The van der Waals surface area contributed by atoms with Gasteiger partial charge in [-0.25, -0.2) is 9.48 Å². The van der Waals surface area contributed by atoms with Gasteiger partial charge in [0.2, 0.25) is 0 Å². The van der Waals surface area contributed by atoms with Crippen molar-refractivity contribution in [3.8, 4) is 11.4 Å². The van der Waals surface area contributed by atoms with Gasteiger partial charge in [-0.05, 0) is 43.5 Å². The number of rotatable bonds is 8. The summed E-state index contributed by atoms with van der Waals surface area (Å²) in [6, 6.07) is 17.2. The number of anilines is 1. The summed E-state index contributed by atoms with van der Waals surface area (Å²) >= 11 is 0. The molecule has 0 aliphatic heterocycles. The number of aromatic nitrogens is 2. The number of hydrogen-bond acceptors (Lipinski definition) is 5. The van der Waals surface area contributed by atoms with Crippen LogP contribution in [0.15, 0.2) is 54.6 Å². The van der Waals surface area contributed by atoms with Crippen LogP contribution in [0.3, 0.4) is 0 Å². The van der Waals surface area contributed by atoms with Crippen molar-refractivity contribution in [3.63, 3.8) is 0 Å². The molecule has 3 aromatic rings. The Bertz CT molecular complexity index is 1060. The summed E-state index contributed by atoms with van der Waals surface area (Å²) in [5.74, 6) is -0.142. The Kier molecular flexibility index (Phi) is 7.07. The highest BCUT2D eigenvalue weighted by atomic mass is 16.6. The molecule has 0 aliphatic rings. The molecule has 31 heavy (non-hydrogen) atoms. The van der Waals surface area contributed by atoms with Gasteiger partial charge in [0.05, 0.1) is 22.8 Å². The number of nitrogens with one attached hydrogen (secondary N) is 1. The van der Waals surface area contributed by atoms with Crippen molar-refractivity contribution in [1.82, 2.24) is 9.78 Å². The van der Waals surface area contributed by atoms with Gasteiger partial charge >= 0.3 is 5.97 Å². The van der Waals surface area contributed by atoms with Crippen LogP contribution in [-0.2, 0) is 14.3 Å². The van der Waals surface area contributed by atoms with E-state index in [9.17, 15) is 9.59 Å². The van der Waals surface area contributed by atoms with Crippen molar-refractivity contribution in [2.24, 2.45) is 0 Å². The fourth-order valence-corrected chi connectivity index (χ4v) is 3.23. The van der Waals surface area contributed by atoms with Gasteiger partial charge in [-0.3, -0.25) is 4.79 Å². The third kappa shape index (κ3) is 5.51. The van der Waals surface area contributed by atoms with Crippen LogP contribution in [0.4, 0.5) is 5.69 Å². The number of para-hydroxylation sites is 2. The zero-order chi connectivity index (χ0) is 22.4. The first-order chi connectivity index (χ1) is 14.9. The van der Waals surface area contributed by atoms with E-state index in [0.29, 0.717) is 17.1 Å². The summed E-state index contributed by atoms with van der Waals surface area (Å²) in [6.07, 6.45) is 0. The highest BCUT2D eigenvalue weighted by molar-refractivity contribution is 5.94. The van der Waals surface area contributed by atoms with E-state index in [4.69, 9.17) is 9.47 Å². The second kappa shape index (κ2) is 9.93. The van der Waals surface area contributed by atoms with E-state index in [-0.39, 0.29) is 12.5 Å². The molecule has 1 heterocycles. The number of aryl methyl sites for hydroxylation is 1. The second-order valence-electron chi connectivity index (χ2n) is 7.48. The van der Waals surface area contributed by atoms with Crippen LogP contribution in [0.25, 0.3) is 5.69 Å². The fourth-order valence-electron chi connectivity index (χ4n) is 3.23. The zero-order valence-electron chi connectivity index (χ0n) is 18.2. The summed E-state index contributed by atoms with van der Waals surface area (Å²) in [5, 5.41) is 7.27. The Hall–Kier alpha value is -3.61. The molecular weight excluding hydrogens is 394 g/mol. The average Bonchev–Trinajstić information content (AvgIpc) is 3.05. The van der Waals surface area contributed by atoms with Crippen molar-refractivity contribution >= 4 is 17.6 Å². The van der Waals surface area contributed by atoms with Gasteiger partial charge in [-0.15, -0.1) is 0 Å². The molecule has 7 heteroatoms. The van der Waals surface area contributed by atoms with Crippen LogP contribution >= 0.6 is 0 Å². The predicted molar refractivity (Wildman–Crippen MR) is 119 cm³/mol. The fraction of sp³-hybridized carbons (Fsp3) is 0.292. The predicted octanol–water partition coefficient (Wildman–Crippen LogP) is 4.17. The van der Waals surface area contributed by atoms with Crippen LogP contribution in [0, 0.1) is 13.8 Å². The summed E-state index contributed by atoms with van der Waals surface area (Å²) < 4.78 is 12.4. The lowest BCUT2D eigenvalue weighted by atomic mass is 10.0. The maximum Gasteiger partial charge on any atom is 0.344 e. The molecule has 0 aliphatic carbocycles. The Morgan fingerprint density at radius 2 is 1.68 bits per heavy atom. The van der Waals surface area contributed by atoms with Crippen molar-refractivity contribution < 1.29 is 19.1 Å². The second-order valence-corrected chi connectivity index (χ2v) is 7.48. The molecule has 162 valence electrons. The van der Waals surface area contributed by atoms with E-state index in [1.165, 1.54) is 0 Å². The van der Waals surface area contributed by atoms with E-state index < -0.39 is 18.5 Å². The van der Waals surface area contributed by atoms with E-state index in [0.717, 1.165) is 16.9 Å². The van der Waals surface area contributed by atoms with Gasteiger partial charge in [0.15, 0.2) is 13.2 Å². The number of esters is 1. The quantitative estimate of drug-likeness (QED) is 0.552. The lowest BCUT2D eigenvalue weighted by Gasteiger charge is -2.13. The molecule has 2 aromatic carbocycles. The molecule has 0 radical (unpaired) electrons. The van der Waals surface area contributed by atoms with E-state index in [1.54, 1.807) is 4.68 Å². The first kappa shape index (κ1) is 22.1. The number of amides is 1. The third-order valence-corrected chi connectivity index (χ3v) is 4.81. The minimum absolute atomic E-state index is 0.263. The molecule has 7 nitrogen and oxygen atoms in total. The van der Waals surface area contributed by atoms with Crippen molar-refractivity contribution in [2.45, 2.75) is 33.6 Å². The molecule has 0 spiro atoms. The number of carbonyl (C=O) groups is 2. The molecule has 1 N–H and O–H groups in total. The SMILES string of the molecule is Cc1nn(-c2ccccc2)c(C)c1NC(=O)COC(=O)COc1ccccc1C(C)C. The van der Waals surface area contributed by atoms with Gasteiger partial charge in [0, 0.05) is 0 Å². The average molecular weight is 421 g/mol. The normalized spacial score (nSPS) is 10.7. The van der Waals surface area contributed by atoms with Crippen molar-refractivity contribution in [2.75, 3.05) is 18.5 Å². The van der Waals surface area contributed by atoms with Crippen LogP contribution in [0.5, 0.6) is 5.75 Å². The largest absolute Gasteiger partial charge is 0.482 e. The molecule has 3 rings (SSSR count). The van der Waals surface area contributed by atoms with Gasteiger partial charge in [0.25, 0.3) is 5.91 Å². The molecule has 0 unspecified atom stereocenters. The van der Waals surface area contributed by atoms with Crippen molar-refractivity contribution in [3.05, 3.63) is 71.5 Å². The first-order valence-corrected chi connectivity index (χ1v) is 10.2. The maximum atomic E-state index is 12.3. The van der Waals surface area contributed by atoms with E-state index in [2.05, 4.69) is 24.3 Å². The number of benzene rings is 2. The molecular formula is C24H27N3O4. The number of carbonyl (C=O) groups excluding carboxylic acids is 2. The molecule has 0 fully saturated rings. The minimum atomic E-state index is -0.609. The lowest BCUT2D eigenvalue weighted by Crippen LogP contribution is -2.24. The Morgan fingerprint density at radius 1 is 1.00 bits per heavy atom. The van der Waals surface area contributed by atoms with Crippen LogP contribution in [-0.4, -0.2) is 34.9 Å². The molecule has 0 saturated carbocycles. The van der Waals surface area contributed by atoms with Crippen LogP contribution in [0.1, 0.15) is 36.7 Å². The minimum Gasteiger partial charge on any atom is -0.482 e. The molecule has 0 atom stereocenters. The van der Waals surface area contributed by atoms with Crippen molar-refractivity contribution in [1.29, 1.82) is 0 Å². The number of ether oxygens (including phenoxy) is 2. The van der Waals surface area contributed by atoms with E-state index in [1.807, 2.05) is 68.4 Å². The van der Waals surface area contributed by atoms with Gasteiger partial charge in [-0.2, -0.15) is 5.10 Å². The Balaban J connectivity index is 1.54.